The molecular formula is C22H28O4. The molecule has 26 heavy (non-hydrogen) atoms. The second kappa shape index (κ2) is 4.45. The van der Waals surface area contributed by atoms with Crippen LogP contribution < -0.4 is 0 Å². The summed E-state index contributed by atoms with van der Waals surface area (Å²) in [5.74, 6) is 1.40. The summed E-state index contributed by atoms with van der Waals surface area (Å²) < 4.78 is 12.6. The summed E-state index contributed by atoms with van der Waals surface area (Å²) in [4.78, 5) is 24.0. The van der Waals surface area contributed by atoms with Gasteiger partial charge in [-0.05, 0) is 62.9 Å². The van der Waals surface area contributed by atoms with E-state index in [4.69, 9.17) is 9.47 Å². The lowest BCUT2D eigenvalue weighted by Gasteiger charge is -2.56. The van der Waals surface area contributed by atoms with Crippen molar-refractivity contribution in [3.05, 3.63) is 11.6 Å². The molecule has 0 bridgehead atoms. The van der Waals surface area contributed by atoms with Crippen LogP contribution in [0.5, 0.6) is 0 Å². The number of epoxide rings is 1. The van der Waals surface area contributed by atoms with Crippen molar-refractivity contribution >= 4 is 11.8 Å². The van der Waals surface area contributed by atoms with Gasteiger partial charge in [-0.1, -0.05) is 19.4 Å². The van der Waals surface area contributed by atoms with Crippen LogP contribution in [0.4, 0.5) is 0 Å². The molecule has 6 aliphatic rings. The van der Waals surface area contributed by atoms with Gasteiger partial charge in [0.2, 0.25) is 0 Å². The molecule has 4 aliphatic carbocycles. The molecule has 6 rings (SSSR count). The second-order valence-corrected chi connectivity index (χ2v) is 10.2. The molecule has 4 heteroatoms. The van der Waals surface area contributed by atoms with Gasteiger partial charge in [-0.2, -0.15) is 0 Å². The first-order valence-corrected chi connectivity index (χ1v) is 10.5. The van der Waals surface area contributed by atoms with Crippen LogP contribution in [-0.4, -0.2) is 29.1 Å². The maximum absolute atomic E-state index is 12.0. The van der Waals surface area contributed by atoms with E-state index in [1.165, 1.54) is 5.57 Å². The number of rotatable bonds is 0. The summed E-state index contributed by atoms with van der Waals surface area (Å²) in [7, 11) is 0. The topological polar surface area (TPSA) is 55.9 Å². The molecule has 5 fully saturated rings. The van der Waals surface area contributed by atoms with Crippen LogP contribution >= 0.6 is 0 Å². The first-order chi connectivity index (χ1) is 12.3. The van der Waals surface area contributed by atoms with Gasteiger partial charge in [-0.25, -0.2) is 0 Å². The van der Waals surface area contributed by atoms with Gasteiger partial charge in [0.1, 0.15) is 11.2 Å². The summed E-state index contributed by atoms with van der Waals surface area (Å²) in [6.07, 6.45) is 10.6. The summed E-state index contributed by atoms with van der Waals surface area (Å²) >= 11 is 0. The van der Waals surface area contributed by atoms with Crippen molar-refractivity contribution in [2.75, 3.05) is 0 Å². The van der Waals surface area contributed by atoms with E-state index in [2.05, 4.69) is 13.8 Å². The van der Waals surface area contributed by atoms with E-state index in [0.717, 1.165) is 44.9 Å². The molecule has 0 aromatic carbocycles. The van der Waals surface area contributed by atoms with Crippen LogP contribution in [0.2, 0.25) is 0 Å². The molecule has 7 atom stereocenters. The van der Waals surface area contributed by atoms with Crippen LogP contribution in [0.3, 0.4) is 0 Å². The van der Waals surface area contributed by atoms with Gasteiger partial charge < -0.3 is 9.47 Å². The van der Waals surface area contributed by atoms with E-state index in [-0.39, 0.29) is 34.1 Å². The highest BCUT2D eigenvalue weighted by molar-refractivity contribution is 5.91. The van der Waals surface area contributed by atoms with E-state index >= 15 is 0 Å². The lowest BCUT2D eigenvalue weighted by Crippen LogP contribution is -2.59. The van der Waals surface area contributed by atoms with Crippen LogP contribution in [-0.2, 0) is 19.1 Å². The maximum Gasteiger partial charge on any atom is 0.306 e. The number of fused-ring (bicyclic) bond motifs is 4. The van der Waals surface area contributed by atoms with Gasteiger partial charge in [-0.15, -0.1) is 0 Å². The zero-order chi connectivity index (χ0) is 17.9. The highest BCUT2D eigenvalue weighted by Crippen LogP contribution is 2.77. The van der Waals surface area contributed by atoms with Crippen LogP contribution in [0.25, 0.3) is 0 Å². The third-order valence-corrected chi connectivity index (χ3v) is 9.67. The van der Waals surface area contributed by atoms with E-state index in [1.54, 1.807) is 0 Å². The van der Waals surface area contributed by atoms with Gasteiger partial charge in [0, 0.05) is 23.7 Å². The summed E-state index contributed by atoms with van der Waals surface area (Å²) in [5.41, 5.74) is 1.12. The SMILES string of the molecule is CC12C[C@H]3O[C@@]34C(CCC3=CC(=O)CCC34C)C1CC[C@@]21CCC(=O)O1. The molecule has 3 saturated carbocycles. The van der Waals surface area contributed by atoms with Gasteiger partial charge in [0.25, 0.3) is 0 Å². The highest BCUT2D eigenvalue weighted by atomic mass is 16.6. The van der Waals surface area contributed by atoms with E-state index < -0.39 is 0 Å². The molecule has 2 saturated heterocycles. The number of ketones is 1. The predicted octanol–water partition coefficient (Wildman–Crippen LogP) is 3.73. The number of carbonyl (C=O) groups excluding carboxylic acids is 2. The molecule has 140 valence electrons. The van der Waals surface area contributed by atoms with E-state index in [1.807, 2.05) is 6.08 Å². The number of esters is 1. The standard InChI is InChI=1S/C22H28O4/c1-19-8-5-14(23)11-13(19)3-4-16-15-6-9-21(10-7-18(24)26-21)20(15,2)12-17-22(16,19)25-17/h11,15-17H,3-10,12H2,1-2H3/t15?,16?,17-,19?,20?,21-,22+/m1/s1. The largest absolute Gasteiger partial charge is 0.458 e. The van der Waals surface area contributed by atoms with Crippen molar-refractivity contribution in [3.63, 3.8) is 0 Å². The predicted molar refractivity (Wildman–Crippen MR) is 94.3 cm³/mol. The average Bonchev–Trinajstić information content (AvgIpc) is 3.08. The Morgan fingerprint density at radius 1 is 1.00 bits per heavy atom. The molecule has 0 aromatic rings. The molecule has 4 unspecified atom stereocenters. The van der Waals surface area contributed by atoms with Crippen molar-refractivity contribution < 1.29 is 19.1 Å². The Labute approximate surface area is 154 Å². The molecular weight excluding hydrogens is 328 g/mol. The number of carbonyl (C=O) groups is 2. The van der Waals surface area contributed by atoms with Crippen LogP contribution in [0.1, 0.15) is 71.6 Å². The Bertz CT molecular complexity index is 770. The molecule has 4 nitrogen and oxygen atoms in total. The van der Waals surface area contributed by atoms with Crippen molar-refractivity contribution in [1.29, 1.82) is 0 Å². The minimum atomic E-state index is -0.244. The summed E-state index contributed by atoms with van der Waals surface area (Å²) in [6.45, 7) is 4.74. The second-order valence-electron chi connectivity index (χ2n) is 10.2. The Balaban J connectivity index is 1.42. The quantitative estimate of drug-likeness (QED) is 0.490. The fourth-order valence-corrected chi connectivity index (χ4v) is 8.30. The zero-order valence-electron chi connectivity index (χ0n) is 15.8. The number of hydrogen-bond acceptors (Lipinski definition) is 4. The van der Waals surface area contributed by atoms with E-state index in [0.29, 0.717) is 30.5 Å². The summed E-state index contributed by atoms with van der Waals surface area (Å²) in [6, 6.07) is 0. The highest BCUT2D eigenvalue weighted by Gasteiger charge is 2.81. The molecule has 0 amide bonds. The van der Waals surface area contributed by atoms with Crippen molar-refractivity contribution in [3.8, 4) is 0 Å². The first-order valence-electron chi connectivity index (χ1n) is 10.5. The Hall–Kier alpha value is -1.16. The summed E-state index contributed by atoms with van der Waals surface area (Å²) in [5, 5.41) is 0. The fourth-order valence-electron chi connectivity index (χ4n) is 8.30. The van der Waals surface area contributed by atoms with Gasteiger partial charge >= 0.3 is 5.97 Å². The number of ether oxygens (including phenoxy) is 2. The minimum absolute atomic E-state index is 0.00737. The molecule has 2 heterocycles. The smallest absolute Gasteiger partial charge is 0.306 e. The fraction of sp³-hybridized carbons (Fsp3) is 0.818. The first kappa shape index (κ1) is 15.9. The third-order valence-electron chi connectivity index (χ3n) is 9.67. The molecule has 2 aliphatic heterocycles. The molecule has 0 N–H and O–H groups in total. The van der Waals surface area contributed by atoms with Crippen molar-refractivity contribution in [2.45, 2.75) is 88.9 Å². The lowest BCUT2D eigenvalue weighted by molar-refractivity contribution is -0.164. The Kier molecular flexibility index (Phi) is 2.72. The van der Waals surface area contributed by atoms with Gasteiger partial charge in [0.05, 0.1) is 6.10 Å². The van der Waals surface area contributed by atoms with Gasteiger partial charge in [0.15, 0.2) is 5.78 Å². The number of hydrogen-bond donors (Lipinski definition) is 0. The maximum atomic E-state index is 12.0. The Morgan fingerprint density at radius 3 is 2.62 bits per heavy atom. The van der Waals surface area contributed by atoms with Crippen LogP contribution in [0, 0.1) is 22.7 Å². The van der Waals surface area contributed by atoms with Crippen LogP contribution in [0.15, 0.2) is 11.6 Å². The molecule has 0 aromatic heterocycles. The normalized spacial score (nSPS) is 57.0. The average molecular weight is 356 g/mol. The Morgan fingerprint density at radius 2 is 1.85 bits per heavy atom. The van der Waals surface area contributed by atoms with Crippen molar-refractivity contribution in [2.24, 2.45) is 22.7 Å². The molecule has 2 spiro atoms. The lowest BCUT2D eigenvalue weighted by atomic mass is 9.46. The minimum Gasteiger partial charge on any atom is -0.458 e. The van der Waals surface area contributed by atoms with E-state index in [9.17, 15) is 9.59 Å². The van der Waals surface area contributed by atoms with Crippen molar-refractivity contribution in [1.82, 2.24) is 0 Å². The van der Waals surface area contributed by atoms with Gasteiger partial charge in [-0.3, -0.25) is 9.59 Å². The molecule has 0 radical (unpaired) electrons. The monoisotopic (exact) mass is 356 g/mol. The zero-order valence-corrected chi connectivity index (χ0v) is 15.8. The third kappa shape index (κ3) is 1.51.